The molecule has 1 fully saturated rings. The van der Waals surface area contributed by atoms with Crippen molar-refractivity contribution in [2.24, 2.45) is 0 Å². The van der Waals surface area contributed by atoms with Crippen molar-refractivity contribution < 1.29 is 14.6 Å². The summed E-state index contributed by atoms with van der Waals surface area (Å²) in [5, 5.41) is 19.7. The van der Waals surface area contributed by atoms with Crippen LogP contribution in [0.4, 0.5) is 5.69 Å². The van der Waals surface area contributed by atoms with Crippen molar-refractivity contribution in [1.82, 2.24) is 15.1 Å². The Kier molecular flexibility index (Phi) is 6.49. The van der Waals surface area contributed by atoms with E-state index in [0.717, 1.165) is 23.5 Å². The third-order valence-corrected chi connectivity index (χ3v) is 4.94. The molecular weight excluding hydrogens is 356 g/mol. The maximum Gasteiger partial charge on any atom is 0.226 e. The van der Waals surface area contributed by atoms with Crippen LogP contribution in [0.1, 0.15) is 44.1 Å². The molecule has 0 radical (unpaired) electrons. The molecular formula is C21H30N4O3. The number of aromatic nitrogens is 2. The number of H-pyrrole nitrogens is 1. The normalized spacial score (nSPS) is 18.2. The minimum absolute atomic E-state index is 0.00214. The van der Waals surface area contributed by atoms with Gasteiger partial charge in [0.25, 0.3) is 0 Å². The van der Waals surface area contributed by atoms with Crippen LogP contribution in [0, 0.1) is 0 Å². The third kappa shape index (κ3) is 5.41. The number of carbonyl (C=O) groups is 1. The third-order valence-electron chi connectivity index (χ3n) is 4.94. The number of hydrogen-bond donors (Lipinski definition) is 3. The molecule has 3 N–H and O–H groups in total. The highest BCUT2D eigenvalue weighted by Crippen LogP contribution is 2.22. The molecule has 0 unspecified atom stereocenters. The van der Waals surface area contributed by atoms with Crippen LogP contribution in [-0.4, -0.2) is 51.9 Å². The van der Waals surface area contributed by atoms with Crippen LogP contribution < -0.4 is 5.32 Å². The van der Waals surface area contributed by atoms with Crippen molar-refractivity contribution in [1.29, 1.82) is 0 Å². The smallest absolute Gasteiger partial charge is 0.226 e. The predicted molar refractivity (Wildman–Crippen MR) is 108 cm³/mol. The summed E-state index contributed by atoms with van der Waals surface area (Å²) < 4.78 is 5.62. The van der Waals surface area contributed by atoms with E-state index < -0.39 is 0 Å². The zero-order chi connectivity index (χ0) is 20.1. The molecule has 2 heterocycles. The van der Waals surface area contributed by atoms with Gasteiger partial charge in [-0.25, -0.2) is 0 Å². The number of aromatic amines is 1. The van der Waals surface area contributed by atoms with Gasteiger partial charge < -0.3 is 15.2 Å². The molecule has 0 saturated carbocycles. The fourth-order valence-electron chi connectivity index (χ4n) is 3.30. The second-order valence-corrected chi connectivity index (χ2v) is 8.34. The van der Waals surface area contributed by atoms with Gasteiger partial charge in [0.1, 0.15) is 0 Å². The number of ether oxygens (including phenoxy) is 1. The molecule has 3 rings (SSSR count). The fourth-order valence-corrected chi connectivity index (χ4v) is 3.30. The van der Waals surface area contributed by atoms with E-state index in [1.165, 1.54) is 0 Å². The molecule has 2 aromatic rings. The first-order valence-electron chi connectivity index (χ1n) is 9.71. The SMILES string of the molecule is CC(C)(C)c1cc(CN2CCOC[C@@H]2CC(=O)Nc2cccc(CO)c2)[nH]n1. The number of nitrogens with one attached hydrogen (secondary N) is 2. The highest BCUT2D eigenvalue weighted by atomic mass is 16.5. The molecule has 1 saturated heterocycles. The molecule has 1 amide bonds. The maximum atomic E-state index is 12.5. The molecule has 7 nitrogen and oxygen atoms in total. The first-order chi connectivity index (χ1) is 13.3. The van der Waals surface area contributed by atoms with Gasteiger partial charge in [-0.1, -0.05) is 32.9 Å². The van der Waals surface area contributed by atoms with Gasteiger partial charge in [-0.15, -0.1) is 0 Å². The van der Waals surface area contributed by atoms with Crippen molar-refractivity contribution in [3.8, 4) is 0 Å². The van der Waals surface area contributed by atoms with Crippen LogP contribution in [0.15, 0.2) is 30.3 Å². The summed E-state index contributed by atoms with van der Waals surface area (Å²) in [4.78, 5) is 14.8. The van der Waals surface area contributed by atoms with Gasteiger partial charge in [0.05, 0.1) is 25.5 Å². The summed E-state index contributed by atoms with van der Waals surface area (Å²) in [6.07, 6.45) is 0.351. The highest BCUT2D eigenvalue weighted by Gasteiger charge is 2.27. The van der Waals surface area contributed by atoms with Crippen LogP contribution >= 0.6 is 0 Å². The molecule has 1 aromatic heterocycles. The van der Waals surface area contributed by atoms with Crippen LogP contribution in [0.25, 0.3) is 0 Å². The van der Waals surface area contributed by atoms with Crippen LogP contribution in [0.2, 0.25) is 0 Å². The number of aliphatic hydroxyl groups excluding tert-OH is 1. The molecule has 1 atom stereocenters. The van der Waals surface area contributed by atoms with Gasteiger partial charge in [0, 0.05) is 42.3 Å². The highest BCUT2D eigenvalue weighted by molar-refractivity contribution is 5.91. The van der Waals surface area contributed by atoms with Gasteiger partial charge in [-0.05, 0) is 23.8 Å². The summed E-state index contributed by atoms with van der Waals surface area (Å²) >= 11 is 0. The van der Waals surface area contributed by atoms with E-state index in [1.807, 2.05) is 18.2 Å². The zero-order valence-electron chi connectivity index (χ0n) is 16.9. The number of hydrogen-bond acceptors (Lipinski definition) is 5. The van der Waals surface area contributed by atoms with E-state index in [9.17, 15) is 9.90 Å². The van der Waals surface area contributed by atoms with Crippen molar-refractivity contribution in [3.05, 3.63) is 47.3 Å². The summed E-state index contributed by atoms with van der Waals surface area (Å²) in [5.41, 5.74) is 3.56. The Morgan fingerprint density at radius 3 is 2.93 bits per heavy atom. The Balaban J connectivity index is 1.61. The average Bonchev–Trinajstić information content (AvgIpc) is 3.12. The topological polar surface area (TPSA) is 90.5 Å². The minimum atomic E-state index is -0.0596. The minimum Gasteiger partial charge on any atom is -0.392 e. The van der Waals surface area contributed by atoms with Crippen LogP contribution in [0.5, 0.6) is 0 Å². The van der Waals surface area contributed by atoms with Gasteiger partial charge in [0.15, 0.2) is 0 Å². The number of amides is 1. The fraction of sp³-hybridized carbons (Fsp3) is 0.524. The standard InChI is InChI=1S/C21H30N4O3/c1-21(2,3)19-10-17(23-24-19)12-25-7-8-28-14-18(25)11-20(27)22-16-6-4-5-15(9-16)13-26/h4-6,9-10,18,26H,7-8,11-14H2,1-3H3,(H,22,27)(H,23,24)/t18-/m0/s1. The average molecular weight is 386 g/mol. The summed E-state index contributed by atoms with van der Waals surface area (Å²) in [5.74, 6) is -0.0596. The van der Waals surface area contributed by atoms with E-state index in [-0.39, 0.29) is 24.0 Å². The number of anilines is 1. The molecule has 1 aliphatic rings. The van der Waals surface area contributed by atoms with E-state index >= 15 is 0 Å². The summed E-state index contributed by atoms with van der Waals surface area (Å²) in [6.45, 7) is 9.06. The zero-order valence-corrected chi connectivity index (χ0v) is 16.9. The number of rotatable bonds is 6. The maximum absolute atomic E-state index is 12.5. The molecule has 28 heavy (non-hydrogen) atoms. The first-order valence-corrected chi connectivity index (χ1v) is 9.71. The molecule has 0 bridgehead atoms. The van der Waals surface area contributed by atoms with Crippen molar-refractivity contribution in [2.45, 2.75) is 51.8 Å². The Morgan fingerprint density at radius 2 is 2.21 bits per heavy atom. The summed E-state index contributed by atoms with van der Waals surface area (Å²) in [6, 6.07) is 9.37. The number of morpholine rings is 1. The largest absolute Gasteiger partial charge is 0.392 e. The van der Waals surface area contributed by atoms with E-state index in [1.54, 1.807) is 6.07 Å². The number of benzene rings is 1. The Bertz CT molecular complexity index is 797. The Labute approximate surface area is 166 Å². The lowest BCUT2D eigenvalue weighted by atomic mass is 9.92. The number of carbonyl (C=O) groups excluding carboxylic acids is 1. The van der Waals surface area contributed by atoms with Gasteiger partial charge in [-0.3, -0.25) is 14.8 Å². The van der Waals surface area contributed by atoms with E-state index in [0.29, 0.717) is 31.9 Å². The van der Waals surface area contributed by atoms with Crippen molar-refractivity contribution in [3.63, 3.8) is 0 Å². The van der Waals surface area contributed by atoms with Crippen LogP contribution in [0.3, 0.4) is 0 Å². The second kappa shape index (κ2) is 8.86. The molecule has 0 spiro atoms. The van der Waals surface area contributed by atoms with Gasteiger partial charge >= 0.3 is 0 Å². The molecule has 0 aliphatic carbocycles. The molecule has 1 aliphatic heterocycles. The van der Waals surface area contributed by atoms with Gasteiger partial charge in [-0.2, -0.15) is 5.10 Å². The lowest BCUT2D eigenvalue weighted by Gasteiger charge is -2.34. The number of aliphatic hydroxyl groups is 1. The Morgan fingerprint density at radius 1 is 1.39 bits per heavy atom. The molecule has 1 aromatic carbocycles. The number of nitrogens with zero attached hydrogens (tertiary/aromatic N) is 2. The van der Waals surface area contributed by atoms with Crippen molar-refractivity contribution >= 4 is 11.6 Å². The van der Waals surface area contributed by atoms with Gasteiger partial charge in [0.2, 0.25) is 5.91 Å². The molecule has 7 heteroatoms. The summed E-state index contributed by atoms with van der Waals surface area (Å²) in [7, 11) is 0. The van der Waals surface area contributed by atoms with Crippen LogP contribution in [-0.2, 0) is 28.1 Å². The monoisotopic (exact) mass is 386 g/mol. The van der Waals surface area contributed by atoms with Crippen molar-refractivity contribution in [2.75, 3.05) is 25.1 Å². The second-order valence-electron chi connectivity index (χ2n) is 8.34. The van der Waals surface area contributed by atoms with E-state index in [4.69, 9.17) is 4.74 Å². The Hall–Kier alpha value is -2.22. The lowest BCUT2D eigenvalue weighted by molar-refractivity contribution is -0.119. The lowest BCUT2D eigenvalue weighted by Crippen LogP contribution is -2.46. The predicted octanol–water partition coefficient (Wildman–Crippen LogP) is 2.43. The first kappa shape index (κ1) is 20.5. The molecule has 152 valence electrons. The quantitative estimate of drug-likeness (QED) is 0.709. The van der Waals surface area contributed by atoms with E-state index in [2.05, 4.69) is 47.3 Å².